The maximum Gasteiger partial charge on any atom is 0.339 e. The average molecular weight is 777 g/mol. The maximum absolute atomic E-state index is 15.9. The van der Waals surface area contributed by atoms with Gasteiger partial charge in [0, 0.05) is 28.0 Å². The van der Waals surface area contributed by atoms with Crippen molar-refractivity contribution in [2.24, 2.45) is 0 Å². The summed E-state index contributed by atoms with van der Waals surface area (Å²) in [5.74, 6) is -5.22. The van der Waals surface area contributed by atoms with Crippen LogP contribution in [0.4, 0.5) is 13.2 Å². The minimum Gasteiger partial charge on any atom is -0.481 e. The zero-order chi connectivity index (χ0) is 39.4. The van der Waals surface area contributed by atoms with Crippen LogP contribution in [0.5, 0.6) is 0 Å². The van der Waals surface area contributed by atoms with Crippen LogP contribution >= 0.6 is 11.8 Å². The Morgan fingerprint density at radius 3 is 2.55 bits per heavy atom. The molecule has 55 heavy (non-hydrogen) atoms. The molecule has 286 valence electrons. The number of nitriles is 1. The molecule has 0 saturated carbocycles. The van der Waals surface area contributed by atoms with Gasteiger partial charge in [-0.15, -0.1) is 11.8 Å². The Balaban J connectivity index is 1.36. The Labute approximate surface area is 318 Å². The largest absolute Gasteiger partial charge is 0.481 e. The standard InChI is InChI=1S/C39H35F3N4O8S/c1-25(55-30-20-52-37(53-21-30)9-5-3-6-27-11-10-26(18-43)16-33(27)41)39(22-46-24-44-23-45-46,32-13-12-29(40)17-34(32)42)54-38(50)31-8-4-2-7-28(31)19-51-36(49)15-14-35(47)48/h2-13,16-17,23-25,30,37H,14-15,19-22H2,1H3,(H,47,48)/t25-,30?,37?,39-/m1/s1. The van der Waals surface area contributed by atoms with Gasteiger partial charge in [0.15, 0.2) is 11.9 Å². The molecule has 0 aliphatic carbocycles. The van der Waals surface area contributed by atoms with Gasteiger partial charge in [-0.25, -0.2) is 27.6 Å². The van der Waals surface area contributed by atoms with Gasteiger partial charge in [-0.2, -0.15) is 10.4 Å². The minimum absolute atomic E-state index is 0.00819. The molecule has 0 radical (unpaired) electrons. The fraction of sp³-hybridized carbons (Fsp3) is 0.282. The molecular weight excluding hydrogens is 742 g/mol. The van der Waals surface area contributed by atoms with Crippen molar-refractivity contribution in [3.05, 3.63) is 137 Å². The number of carbonyl (C=O) groups is 3. The van der Waals surface area contributed by atoms with Gasteiger partial charge >= 0.3 is 17.9 Å². The van der Waals surface area contributed by atoms with Crippen LogP contribution in [0.15, 0.2) is 91.5 Å². The Morgan fingerprint density at radius 2 is 1.85 bits per heavy atom. The lowest BCUT2D eigenvalue weighted by Gasteiger charge is -2.40. The number of aliphatic carboxylic acids is 1. The van der Waals surface area contributed by atoms with Crippen LogP contribution in [0.25, 0.3) is 6.08 Å². The van der Waals surface area contributed by atoms with Crippen LogP contribution in [0, 0.1) is 28.8 Å². The molecular formula is C39H35F3N4O8S. The molecule has 2 atom stereocenters. The summed E-state index contributed by atoms with van der Waals surface area (Å²) in [5.41, 5.74) is -1.24. The number of hydrogen-bond donors (Lipinski definition) is 1. The molecule has 2 heterocycles. The molecule has 1 saturated heterocycles. The number of esters is 2. The molecule has 0 amide bonds. The Hall–Kier alpha value is -5.76. The zero-order valence-corrected chi connectivity index (χ0v) is 30.2. The highest BCUT2D eigenvalue weighted by Crippen LogP contribution is 2.42. The average Bonchev–Trinajstić information content (AvgIpc) is 3.68. The Kier molecular flexibility index (Phi) is 14.0. The summed E-state index contributed by atoms with van der Waals surface area (Å²) in [5, 5.41) is 20.9. The molecule has 1 aliphatic rings. The first kappa shape index (κ1) is 40.4. The van der Waals surface area contributed by atoms with E-state index in [2.05, 4.69) is 10.1 Å². The highest BCUT2D eigenvalue weighted by molar-refractivity contribution is 8.00. The number of nitrogens with zero attached hydrogens (tertiary/aromatic N) is 4. The second-order valence-electron chi connectivity index (χ2n) is 12.2. The summed E-state index contributed by atoms with van der Waals surface area (Å²) in [4.78, 5) is 41.2. The van der Waals surface area contributed by atoms with E-state index in [-0.39, 0.29) is 60.3 Å². The number of carbonyl (C=O) groups excluding carboxylic acids is 2. The molecule has 1 aromatic heterocycles. The van der Waals surface area contributed by atoms with Crippen molar-refractivity contribution in [2.45, 2.75) is 55.3 Å². The van der Waals surface area contributed by atoms with Crippen LogP contribution < -0.4 is 0 Å². The third kappa shape index (κ3) is 10.9. The van der Waals surface area contributed by atoms with Gasteiger partial charge in [-0.1, -0.05) is 42.5 Å². The summed E-state index contributed by atoms with van der Waals surface area (Å²) in [6.07, 6.45) is 7.49. The predicted octanol–water partition coefficient (Wildman–Crippen LogP) is 6.36. The molecule has 16 heteroatoms. The van der Waals surface area contributed by atoms with E-state index in [0.29, 0.717) is 11.6 Å². The van der Waals surface area contributed by atoms with Crippen molar-refractivity contribution < 1.29 is 51.6 Å². The number of ether oxygens (including phenoxy) is 4. The van der Waals surface area contributed by atoms with Crippen LogP contribution in [0.3, 0.4) is 0 Å². The topological polar surface area (TPSA) is 163 Å². The summed E-state index contributed by atoms with van der Waals surface area (Å²) in [7, 11) is 0. The molecule has 12 nitrogen and oxygen atoms in total. The molecule has 1 fully saturated rings. The molecule has 4 aromatic rings. The van der Waals surface area contributed by atoms with Crippen molar-refractivity contribution in [3.8, 4) is 6.07 Å². The molecule has 1 aliphatic heterocycles. The van der Waals surface area contributed by atoms with Crippen molar-refractivity contribution in [1.82, 2.24) is 14.8 Å². The van der Waals surface area contributed by atoms with Crippen LogP contribution in [0.1, 0.15) is 52.4 Å². The molecule has 0 unspecified atom stereocenters. The monoisotopic (exact) mass is 776 g/mol. The summed E-state index contributed by atoms with van der Waals surface area (Å²) in [6, 6.07) is 15.1. The van der Waals surface area contributed by atoms with Gasteiger partial charge < -0.3 is 24.1 Å². The van der Waals surface area contributed by atoms with E-state index in [1.165, 1.54) is 65.5 Å². The third-order valence-electron chi connectivity index (χ3n) is 8.42. The summed E-state index contributed by atoms with van der Waals surface area (Å²) < 4.78 is 69.0. The number of thioether (sulfide) groups is 1. The van der Waals surface area contributed by atoms with E-state index in [0.717, 1.165) is 12.1 Å². The summed E-state index contributed by atoms with van der Waals surface area (Å²) >= 11 is 1.28. The minimum atomic E-state index is -1.85. The van der Waals surface area contributed by atoms with E-state index in [1.807, 2.05) is 6.07 Å². The van der Waals surface area contributed by atoms with Crippen LogP contribution in [-0.2, 0) is 47.3 Å². The maximum atomic E-state index is 15.9. The van der Waals surface area contributed by atoms with Crippen LogP contribution in [-0.4, -0.2) is 67.8 Å². The van der Waals surface area contributed by atoms with Crippen molar-refractivity contribution in [3.63, 3.8) is 0 Å². The first-order valence-corrected chi connectivity index (χ1v) is 17.8. The van der Waals surface area contributed by atoms with Crippen molar-refractivity contribution >= 4 is 35.7 Å². The molecule has 1 N–H and O–H groups in total. The Morgan fingerprint density at radius 1 is 1.07 bits per heavy atom. The van der Waals surface area contributed by atoms with Gasteiger partial charge in [0.05, 0.1) is 55.0 Å². The highest BCUT2D eigenvalue weighted by atomic mass is 32.2. The number of carboxylic acid groups (broad SMARTS) is 1. The molecule has 3 aromatic carbocycles. The quantitative estimate of drug-likeness (QED) is 0.0992. The number of halogens is 3. The normalized spacial score (nSPS) is 17.4. The number of rotatable bonds is 16. The fourth-order valence-electron chi connectivity index (χ4n) is 5.63. The van der Waals surface area contributed by atoms with Crippen LogP contribution in [0.2, 0.25) is 0 Å². The molecule has 0 spiro atoms. The smallest absolute Gasteiger partial charge is 0.339 e. The fourth-order valence-corrected chi connectivity index (χ4v) is 6.99. The van der Waals surface area contributed by atoms with Gasteiger partial charge in [-0.3, -0.25) is 9.59 Å². The molecule has 0 bridgehead atoms. The van der Waals surface area contributed by atoms with Gasteiger partial charge in [-0.05, 0) is 43.3 Å². The highest BCUT2D eigenvalue weighted by Gasteiger charge is 2.47. The number of benzene rings is 3. The lowest BCUT2D eigenvalue weighted by Crippen LogP contribution is -2.47. The van der Waals surface area contributed by atoms with E-state index >= 15 is 4.39 Å². The van der Waals surface area contributed by atoms with E-state index in [1.54, 1.807) is 37.3 Å². The lowest BCUT2D eigenvalue weighted by atomic mass is 9.89. The summed E-state index contributed by atoms with van der Waals surface area (Å²) in [6.45, 7) is 1.45. The Bertz CT molecular complexity index is 2080. The van der Waals surface area contributed by atoms with Gasteiger partial charge in [0.2, 0.25) is 0 Å². The zero-order valence-electron chi connectivity index (χ0n) is 29.3. The number of hydrogen-bond acceptors (Lipinski definition) is 11. The van der Waals surface area contributed by atoms with Gasteiger partial charge in [0.1, 0.15) is 36.7 Å². The second-order valence-corrected chi connectivity index (χ2v) is 13.9. The number of carboxylic acids is 1. The van der Waals surface area contributed by atoms with Gasteiger partial charge in [0.25, 0.3) is 0 Å². The number of allylic oxidation sites excluding steroid dienone is 2. The second kappa shape index (κ2) is 19.0. The number of aromatic nitrogens is 3. The lowest BCUT2D eigenvalue weighted by molar-refractivity contribution is -0.148. The van der Waals surface area contributed by atoms with E-state index in [9.17, 15) is 23.2 Å². The third-order valence-corrected chi connectivity index (χ3v) is 9.87. The predicted molar refractivity (Wildman–Crippen MR) is 192 cm³/mol. The van der Waals surface area contributed by atoms with E-state index in [4.69, 9.17) is 29.3 Å². The first-order chi connectivity index (χ1) is 26.5. The van der Waals surface area contributed by atoms with Crippen molar-refractivity contribution in [1.29, 1.82) is 5.26 Å². The molecule has 5 rings (SSSR count). The van der Waals surface area contributed by atoms with E-state index < -0.39 is 58.9 Å². The van der Waals surface area contributed by atoms with Crippen molar-refractivity contribution in [2.75, 3.05) is 13.2 Å². The SMILES string of the molecule is C[C@@H](SC1COC(C=CC=Cc2ccc(C#N)cc2F)OC1)[C@@](Cn1cncn1)(OC(=O)c1ccccc1COC(=O)CCC(=O)O)c1ccc(F)cc1F. The first-order valence-electron chi connectivity index (χ1n) is 16.9.